The van der Waals surface area contributed by atoms with Crippen LogP contribution in [0.1, 0.15) is 53.4 Å². The maximum Gasteiger partial charge on any atom is 0.337 e. The molecule has 0 fully saturated rings. The lowest BCUT2D eigenvalue weighted by atomic mass is 10.1. The Bertz CT molecular complexity index is 353. The molecule has 0 aromatic carbocycles. The SMILES string of the molecule is C=C(C)CCC1=C(C(=O)OC(C)C)CC(CC)O1. The molecule has 1 atom stereocenters. The molecule has 18 heavy (non-hydrogen) atoms. The van der Waals surface area contributed by atoms with Gasteiger partial charge >= 0.3 is 5.97 Å². The first-order chi connectivity index (χ1) is 8.43. The lowest BCUT2D eigenvalue weighted by Crippen LogP contribution is -2.14. The molecule has 3 heteroatoms. The maximum atomic E-state index is 12.0. The summed E-state index contributed by atoms with van der Waals surface area (Å²) in [5.41, 5.74) is 1.82. The van der Waals surface area contributed by atoms with Crippen LogP contribution in [0, 0.1) is 0 Å². The molecule has 1 rings (SSSR count). The van der Waals surface area contributed by atoms with Crippen molar-refractivity contribution in [3.8, 4) is 0 Å². The van der Waals surface area contributed by atoms with E-state index in [9.17, 15) is 4.79 Å². The molecule has 0 aromatic rings. The Balaban J connectivity index is 2.74. The minimum atomic E-state index is -0.224. The molecule has 3 nitrogen and oxygen atoms in total. The molecule has 0 aliphatic carbocycles. The van der Waals surface area contributed by atoms with Gasteiger partial charge in [-0.3, -0.25) is 0 Å². The Morgan fingerprint density at radius 2 is 2.22 bits per heavy atom. The third-order valence-electron chi connectivity index (χ3n) is 2.90. The first kappa shape index (κ1) is 14.8. The zero-order valence-electron chi connectivity index (χ0n) is 11.9. The van der Waals surface area contributed by atoms with Crippen molar-refractivity contribution >= 4 is 5.97 Å². The zero-order valence-corrected chi connectivity index (χ0v) is 11.9. The normalized spacial score (nSPS) is 19.1. The summed E-state index contributed by atoms with van der Waals surface area (Å²) in [7, 11) is 0. The molecule has 0 N–H and O–H groups in total. The van der Waals surface area contributed by atoms with Gasteiger partial charge in [0, 0.05) is 12.8 Å². The van der Waals surface area contributed by atoms with Crippen LogP contribution in [0.3, 0.4) is 0 Å². The van der Waals surface area contributed by atoms with Crippen LogP contribution in [0.25, 0.3) is 0 Å². The number of rotatable bonds is 6. The minimum absolute atomic E-state index is 0.0898. The van der Waals surface area contributed by atoms with Crippen molar-refractivity contribution in [3.05, 3.63) is 23.5 Å². The molecule has 1 unspecified atom stereocenters. The predicted octanol–water partition coefficient (Wildman–Crippen LogP) is 3.75. The average molecular weight is 252 g/mol. The second kappa shape index (κ2) is 6.62. The molecule has 0 radical (unpaired) electrons. The third kappa shape index (κ3) is 4.21. The van der Waals surface area contributed by atoms with E-state index in [4.69, 9.17) is 9.47 Å². The van der Waals surface area contributed by atoms with Gasteiger partial charge in [-0.25, -0.2) is 4.79 Å². The zero-order chi connectivity index (χ0) is 13.7. The van der Waals surface area contributed by atoms with Crippen LogP contribution in [-0.4, -0.2) is 18.2 Å². The highest BCUT2D eigenvalue weighted by molar-refractivity contribution is 5.89. The van der Waals surface area contributed by atoms with Gasteiger partial charge in [-0.1, -0.05) is 12.5 Å². The summed E-state index contributed by atoms with van der Waals surface area (Å²) in [5, 5.41) is 0. The molecule has 1 aliphatic heterocycles. The monoisotopic (exact) mass is 252 g/mol. The van der Waals surface area contributed by atoms with E-state index in [0.29, 0.717) is 6.42 Å². The number of hydrogen-bond acceptors (Lipinski definition) is 3. The number of allylic oxidation sites excluding steroid dienone is 2. The van der Waals surface area contributed by atoms with Crippen LogP contribution in [-0.2, 0) is 14.3 Å². The van der Waals surface area contributed by atoms with Crippen molar-refractivity contribution in [1.29, 1.82) is 0 Å². The molecule has 1 aliphatic rings. The quantitative estimate of drug-likeness (QED) is 0.533. The summed E-state index contributed by atoms with van der Waals surface area (Å²) < 4.78 is 11.1. The second-order valence-electron chi connectivity index (χ2n) is 5.17. The van der Waals surface area contributed by atoms with Crippen molar-refractivity contribution in [2.75, 3.05) is 0 Å². The summed E-state index contributed by atoms with van der Waals surface area (Å²) in [6.45, 7) is 11.7. The van der Waals surface area contributed by atoms with Gasteiger partial charge in [0.25, 0.3) is 0 Å². The Morgan fingerprint density at radius 3 is 2.72 bits per heavy atom. The molecular formula is C15H24O3. The Kier molecular flexibility index (Phi) is 5.45. The average Bonchev–Trinajstić information content (AvgIpc) is 2.68. The van der Waals surface area contributed by atoms with E-state index in [1.165, 1.54) is 0 Å². The van der Waals surface area contributed by atoms with Gasteiger partial charge in [0.1, 0.15) is 11.9 Å². The van der Waals surface area contributed by atoms with Gasteiger partial charge in [-0.2, -0.15) is 0 Å². The largest absolute Gasteiger partial charge is 0.494 e. The highest BCUT2D eigenvalue weighted by atomic mass is 16.5. The fraction of sp³-hybridized carbons (Fsp3) is 0.667. The Labute approximate surface area is 110 Å². The number of carbonyl (C=O) groups excluding carboxylic acids is 1. The second-order valence-corrected chi connectivity index (χ2v) is 5.17. The lowest BCUT2D eigenvalue weighted by molar-refractivity contribution is -0.142. The fourth-order valence-corrected chi connectivity index (χ4v) is 1.90. The molecule has 0 saturated heterocycles. The standard InChI is InChI=1S/C15H24O3/c1-6-12-9-13(15(16)17-11(4)5)14(18-12)8-7-10(2)3/h11-12H,2,6-9H2,1,3-5H3. The van der Waals surface area contributed by atoms with E-state index in [-0.39, 0.29) is 18.2 Å². The first-order valence-corrected chi connectivity index (χ1v) is 6.68. The summed E-state index contributed by atoms with van der Waals surface area (Å²) >= 11 is 0. The van der Waals surface area contributed by atoms with Crippen molar-refractivity contribution < 1.29 is 14.3 Å². The smallest absolute Gasteiger partial charge is 0.337 e. The number of esters is 1. The minimum Gasteiger partial charge on any atom is -0.494 e. The summed E-state index contributed by atoms with van der Waals surface area (Å²) in [6, 6.07) is 0. The van der Waals surface area contributed by atoms with Crippen LogP contribution < -0.4 is 0 Å². The summed E-state index contributed by atoms with van der Waals surface area (Å²) in [5.74, 6) is 0.577. The number of hydrogen-bond donors (Lipinski definition) is 0. The topological polar surface area (TPSA) is 35.5 Å². The molecule has 0 bridgehead atoms. The van der Waals surface area contributed by atoms with E-state index in [1.54, 1.807) is 0 Å². The Morgan fingerprint density at radius 1 is 1.56 bits per heavy atom. The van der Waals surface area contributed by atoms with E-state index < -0.39 is 0 Å². The molecule has 0 aromatic heterocycles. The van der Waals surface area contributed by atoms with Gasteiger partial charge in [0.05, 0.1) is 11.7 Å². The fourth-order valence-electron chi connectivity index (χ4n) is 1.90. The lowest BCUT2D eigenvalue weighted by Gasteiger charge is -2.10. The van der Waals surface area contributed by atoms with E-state index in [1.807, 2.05) is 20.8 Å². The van der Waals surface area contributed by atoms with Crippen LogP contribution in [0.4, 0.5) is 0 Å². The van der Waals surface area contributed by atoms with E-state index >= 15 is 0 Å². The number of carbonyl (C=O) groups is 1. The van der Waals surface area contributed by atoms with Crippen molar-refractivity contribution in [3.63, 3.8) is 0 Å². The number of ether oxygens (including phenoxy) is 2. The highest BCUT2D eigenvalue weighted by Crippen LogP contribution is 2.31. The van der Waals surface area contributed by atoms with Crippen molar-refractivity contribution in [2.24, 2.45) is 0 Å². The van der Waals surface area contributed by atoms with Gasteiger partial charge in [0.2, 0.25) is 0 Å². The highest BCUT2D eigenvalue weighted by Gasteiger charge is 2.30. The van der Waals surface area contributed by atoms with Crippen molar-refractivity contribution in [2.45, 2.75) is 65.6 Å². The van der Waals surface area contributed by atoms with Gasteiger partial charge in [0.15, 0.2) is 0 Å². The molecule has 102 valence electrons. The summed E-state index contributed by atoms with van der Waals surface area (Å²) in [4.78, 5) is 12.0. The molecular weight excluding hydrogens is 228 g/mol. The van der Waals surface area contributed by atoms with Crippen LogP contribution >= 0.6 is 0 Å². The van der Waals surface area contributed by atoms with Gasteiger partial charge in [-0.15, -0.1) is 6.58 Å². The molecule has 0 spiro atoms. The molecule has 1 heterocycles. The molecule has 0 amide bonds. The van der Waals surface area contributed by atoms with Crippen LogP contribution in [0.15, 0.2) is 23.5 Å². The Hall–Kier alpha value is -1.25. The van der Waals surface area contributed by atoms with Gasteiger partial charge < -0.3 is 9.47 Å². The van der Waals surface area contributed by atoms with E-state index in [0.717, 1.165) is 36.2 Å². The first-order valence-electron chi connectivity index (χ1n) is 6.68. The van der Waals surface area contributed by atoms with Crippen molar-refractivity contribution in [1.82, 2.24) is 0 Å². The van der Waals surface area contributed by atoms with Gasteiger partial charge in [-0.05, 0) is 33.6 Å². The maximum absolute atomic E-state index is 12.0. The van der Waals surface area contributed by atoms with Crippen LogP contribution in [0.5, 0.6) is 0 Å². The van der Waals surface area contributed by atoms with E-state index in [2.05, 4.69) is 13.5 Å². The van der Waals surface area contributed by atoms with Crippen LogP contribution in [0.2, 0.25) is 0 Å². The predicted molar refractivity (Wildman–Crippen MR) is 72.1 cm³/mol. The summed E-state index contributed by atoms with van der Waals surface area (Å²) in [6.07, 6.45) is 3.22. The third-order valence-corrected chi connectivity index (χ3v) is 2.90. The molecule has 0 saturated carbocycles.